The van der Waals surface area contributed by atoms with Gasteiger partial charge < -0.3 is 10.1 Å². The second-order valence-electron chi connectivity index (χ2n) is 9.26. The van der Waals surface area contributed by atoms with Crippen molar-refractivity contribution in [3.8, 4) is 0 Å². The van der Waals surface area contributed by atoms with Gasteiger partial charge in [-0.3, -0.25) is 4.79 Å². The minimum Gasteiger partial charge on any atom is -0.449 e. The van der Waals surface area contributed by atoms with Gasteiger partial charge in [0.25, 0.3) is 5.91 Å². The maximum Gasteiger partial charge on any atom is 0.339 e. The lowest BCUT2D eigenvalue weighted by Crippen LogP contribution is -2.61. The molecule has 2 aromatic carbocycles. The Morgan fingerprint density at radius 2 is 1.57 bits per heavy atom. The van der Waals surface area contributed by atoms with Crippen LogP contribution in [0.15, 0.2) is 42.5 Å². The van der Waals surface area contributed by atoms with Crippen molar-refractivity contribution in [1.29, 1.82) is 0 Å². The van der Waals surface area contributed by atoms with Crippen molar-refractivity contribution in [2.75, 3.05) is 0 Å². The smallest absolute Gasteiger partial charge is 0.339 e. The van der Waals surface area contributed by atoms with Crippen LogP contribution in [0.5, 0.6) is 0 Å². The summed E-state index contributed by atoms with van der Waals surface area (Å²) >= 11 is 0. The lowest BCUT2D eigenvalue weighted by Gasteiger charge is -2.57. The molecule has 0 radical (unpaired) electrons. The van der Waals surface area contributed by atoms with E-state index in [2.05, 4.69) is 5.32 Å². The Labute approximate surface area is 165 Å². The molecule has 0 heterocycles. The van der Waals surface area contributed by atoms with Crippen LogP contribution in [0.25, 0.3) is 10.8 Å². The number of ether oxygens (including phenoxy) is 1. The molecule has 4 bridgehead atoms. The van der Waals surface area contributed by atoms with Crippen LogP contribution < -0.4 is 5.32 Å². The van der Waals surface area contributed by atoms with Gasteiger partial charge in [0, 0.05) is 5.54 Å². The molecule has 1 atom stereocenters. The third-order valence-corrected chi connectivity index (χ3v) is 7.09. The van der Waals surface area contributed by atoms with Gasteiger partial charge in [-0.25, -0.2) is 4.79 Å². The number of fused-ring (bicyclic) bond motifs is 1. The number of amides is 1. The third kappa shape index (κ3) is 3.09. The molecule has 6 rings (SSSR count). The normalized spacial score (nSPS) is 31.5. The van der Waals surface area contributed by atoms with E-state index in [-0.39, 0.29) is 11.4 Å². The topological polar surface area (TPSA) is 55.4 Å². The highest BCUT2D eigenvalue weighted by Gasteiger charge is 2.51. The van der Waals surface area contributed by atoms with Crippen LogP contribution in [0.4, 0.5) is 0 Å². The molecular formula is C24H27NO3. The molecule has 0 unspecified atom stereocenters. The van der Waals surface area contributed by atoms with Crippen LogP contribution in [0.2, 0.25) is 0 Å². The highest BCUT2D eigenvalue weighted by molar-refractivity contribution is 6.05. The molecule has 4 aliphatic rings. The van der Waals surface area contributed by atoms with E-state index in [1.807, 2.05) is 36.4 Å². The van der Waals surface area contributed by atoms with Crippen molar-refractivity contribution in [1.82, 2.24) is 5.32 Å². The first kappa shape index (κ1) is 17.7. The van der Waals surface area contributed by atoms with Crippen LogP contribution in [0, 0.1) is 17.8 Å². The van der Waals surface area contributed by atoms with Crippen LogP contribution in [-0.2, 0) is 9.53 Å². The minimum atomic E-state index is -0.792. The standard InChI is InChI=1S/C24H27NO3/c1-15(28-23(27)21-8-4-6-19-5-2-3-7-20(19)21)22(26)25-24-12-16-9-17(13-24)11-18(10-16)14-24/h2-8,15-18H,9-14H2,1H3,(H,25,26)/t15-,16?,17?,18?,24?/m0/s1. The van der Waals surface area contributed by atoms with Crippen LogP contribution in [0.3, 0.4) is 0 Å². The number of nitrogens with one attached hydrogen (secondary N) is 1. The summed E-state index contributed by atoms with van der Waals surface area (Å²) in [6, 6.07) is 13.3. The second-order valence-corrected chi connectivity index (χ2v) is 9.26. The molecule has 1 amide bonds. The molecule has 4 nitrogen and oxygen atoms in total. The van der Waals surface area contributed by atoms with Crippen molar-refractivity contribution in [3.05, 3.63) is 48.0 Å². The van der Waals surface area contributed by atoms with Crippen molar-refractivity contribution in [2.45, 2.75) is 57.1 Å². The molecule has 1 N–H and O–H groups in total. The Morgan fingerprint density at radius 3 is 2.25 bits per heavy atom. The van der Waals surface area contributed by atoms with Crippen LogP contribution in [-0.4, -0.2) is 23.5 Å². The maximum absolute atomic E-state index is 12.9. The lowest BCUT2D eigenvalue weighted by atomic mass is 9.53. The monoisotopic (exact) mass is 377 g/mol. The Bertz CT molecular complexity index is 894. The molecule has 4 aliphatic carbocycles. The van der Waals surface area contributed by atoms with Crippen LogP contribution in [0.1, 0.15) is 55.8 Å². The zero-order valence-corrected chi connectivity index (χ0v) is 16.3. The number of carbonyl (C=O) groups is 2. The van der Waals surface area contributed by atoms with Crippen LogP contribution >= 0.6 is 0 Å². The highest BCUT2D eigenvalue weighted by atomic mass is 16.5. The fourth-order valence-electron chi connectivity index (χ4n) is 6.31. The Morgan fingerprint density at radius 1 is 0.964 bits per heavy atom. The molecular weight excluding hydrogens is 350 g/mol. The zero-order valence-electron chi connectivity index (χ0n) is 16.3. The third-order valence-electron chi connectivity index (χ3n) is 7.09. The lowest BCUT2D eigenvalue weighted by molar-refractivity contribution is -0.134. The van der Waals surface area contributed by atoms with E-state index < -0.39 is 12.1 Å². The van der Waals surface area contributed by atoms with Gasteiger partial charge in [-0.2, -0.15) is 0 Å². The van der Waals surface area contributed by atoms with E-state index in [1.54, 1.807) is 13.0 Å². The molecule has 0 aromatic heterocycles. The molecule has 4 fully saturated rings. The Hall–Kier alpha value is -2.36. The summed E-state index contributed by atoms with van der Waals surface area (Å²) in [6.07, 6.45) is 6.49. The molecule has 0 spiro atoms. The van der Waals surface area contributed by atoms with E-state index >= 15 is 0 Å². The summed E-state index contributed by atoms with van der Waals surface area (Å²) in [5.74, 6) is 1.70. The SMILES string of the molecule is C[C@H](OC(=O)c1cccc2ccccc12)C(=O)NC12CC3CC(CC(C3)C1)C2. The van der Waals surface area contributed by atoms with Gasteiger partial charge in [0.15, 0.2) is 6.10 Å². The first-order valence-electron chi connectivity index (χ1n) is 10.5. The summed E-state index contributed by atoms with van der Waals surface area (Å²) in [5.41, 5.74) is 0.443. The summed E-state index contributed by atoms with van der Waals surface area (Å²) in [6.45, 7) is 1.68. The summed E-state index contributed by atoms with van der Waals surface area (Å²) < 4.78 is 5.57. The Kier molecular flexibility index (Phi) is 4.18. The number of hydrogen-bond donors (Lipinski definition) is 1. The Balaban J connectivity index is 1.28. The predicted molar refractivity (Wildman–Crippen MR) is 108 cm³/mol. The van der Waals surface area contributed by atoms with E-state index in [0.29, 0.717) is 5.56 Å². The van der Waals surface area contributed by atoms with Gasteiger partial charge in [-0.1, -0.05) is 36.4 Å². The van der Waals surface area contributed by atoms with E-state index in [0.717, 1.165) is 47.8 Å². The first-order chi connectivity index (χ1) is 13.5. The number of hydrogen-bond acceptors (Lipinski definition) is 3. The van der Waals surface area contributed by atoms with E-state index in [9.17, 15) is 9.59 Å². The van der Waals surface area contributed by atoms with Gasteiger partial charge in [-0.05, 0) is 80.0 Å². The molecule has 28 heavy (non-hydrogen) atoms. The second kappa shape index (κ2) is 6.61. The number of carbonyl (C=O) groups excluding carboxylic acids is 2. The largest absolute Gasteiger partial charge is 0.449 e. The zero-order chi connectivity index (χ0) is 19.3. The summed E-state index contributed by atoms with van der Waals surface area (Å²) in [4.78, 5) is 25.6. The van der Waals surface area contributed by atoms with Gasteiger partial charge in [0.05, 0.1) is 5.56 Å². The first-order valence-corrected chi connectivity index (χ1v) is 10.5. The maximum atomic E-state index is 12.9. The fourth-order valence-corrected chi connectivity index (χ4v) is 6.31. The highest BCUT2D eigenvalue weighted by Crippen LogP contribution is 2.55. The van der Waals surface area contributed by atoms with E-state index in [1.165, 1.54) is 19.3 Å². The van der Waals surface area contributed by atoms with Gasteiger partial charge in [0.1, 0.15) is 0 Å². The van der Waals surface area contributed by atoms with Crippen molar-refractivity contribution in [2.24, 2.45) is 17.8 Å². The average molecular weight is 377 g/mol. The summed E-state index contributed by atoms with van der Waals surface area (Å²) in [7, 11) is 0. The van der Waals surface area contributed by atoms with Crippen molar-refractivity contribution >= 4 is 22.6 Å². The molecule has 146 valence electrons. The molecule has 4 saturated carbocycles. The van der Waals surface area contributed by atoms with Gasteiger partial charge in [-0.15, -0.1) is 0 Å². The van der Waals surface area contributed by atoms with Crippen molar-refractivity contribution < 1.29 is 14.3 Å². The molecule has 0 saturated heterocycles. The van der Waals surface area contributed by atoms with Crippen molar-refractivity contribution in [3.63, 3.8) is 0 Å². The predicted octanol–water partition coefficient (Wildman–Crippen LogP) is 4.47. The fraction of sp³-hybridized carbons (Fsp3) is 0.500. The number of esters is 1. The van der Waals surface area contributed by atoms with Gasteiger partial charge >= 0.3 is 5.97 Å². The molecule has 2 aromatic rings. The van der Waals surface area contributed by atoms with E-state index in [4.69, 9.17) is 4.74 Å². The number of rotatable bonds is 4. The summed E-state index contributed by atoms with van der Waals surface area (Å²) in [5, 5.41) is 5.14. The number of benzene rings is 2. The average Bonchev–Trinajstić information content (AvgIpc) is 2.66. The molecule has 0 aliphatic heterocycles. The molecule has 4 heteroatoms. The quantitative estimate of drug-likeness (QED) is 0.800. The minimum absolute atomic E-state index is 0.0635. The van der Waals surface area contributed by atoms with Gasteiger partial charge in [0.2, 0.25) is 0 Å².